The van der Waals surface area contributed by atoms with Crippen LogP contribution in [0, 0.1) is 0 Å². The topological polar surface area (TPSA) is 12.0 Å². The van der Waals surface area contributed by atoms with Crippen LogP contribution in [0.3, 0.4) is 0 Å². The molecule has 1 aromatic carbocycles. The van der Waals surface area contributed by atoms with E-state index in [0.717, 1.165) is 11.8 Å². The molecule has 1 aliphatic heterocycles. The molecule has 3 rings (SSSR count). The zero-order valence-corrected chi connectivity index (χ0v) is 12.5. The first kappa shape index (κ1) is 12.1. The number of halogens is 1. The van der Waals surface area contributed by atoms with Crippen molar-refractivity contribution in [2.24, 2.45) is 0 Å². The van der Waals surface area contributed by atoms with E-state index in [1.807, 2.05) is 11.8 Å². The van der Waals surface area contributed by atoms with Crippen LogP contribution in [0.4, 0.5) is 0 Å². The Morgan fingerprint density at radius 2 is 2.24 bits per heavy atom. The Morgan fingerprint density at radius 1 is 1.41 bits per heavy atom. The van der Waals surface area contributed by atoms with Crippen LogP contribution in [-0.2, 0) is 5.54 Å². The van der Waals surface area contributed by atoms with Crippen molar-refractivity contribution < 1.29 is 0 Å². The highest BCUT2D eigenvalue weighted by molar-refractivity contribution is 9.10. The van der Waals surface area contributed by atoms with Gasteiger partial charge in [0.25, 0.3) is 0 Å². The van der Waals surface area contributed by atoms with E-state index in [1.54, 1.807) is 0 Å². The van der Waals surface area contributed by atoms with Gasteiger partial charge < -0.3 is 5.32 Å². The van der Waals surface area contributed by atoms with Gasteiger partial charge in [-0.3, -0.25) is 0 Å². The van der Waals surface area contributed by atoms with Gasteiger partial charge in [0, 0.05) is 20.2 Å². The molecular formula is C14H18BrNS. The van der Waals surface area contributed by atoms with E-state index in [4.69, 9.17) is 0 Å². The number of nitrogens with one attached hydrogen (secondary N) is 1. The Bertz CT molecular complexity index is 422. The van der Waals surface area contributed by atoms with Crippen molar-refractivity contribution in [1.82, 2.24) is 5.32 Å². The van der Waals surface area contributed by atoms with Gasteiger partial charge in [0.2, 0.25) is 0 Å². The summed E-state index contributed by atoms with van der Waals surface area (Å²) in [5.41, 5.74) is 1.60. The van der Waals surface area contributed by atoms with Crippen molar-refractivity contribution in [2.45, 2.75) is 48.3 Å². The Kier molecular flexibility index (Phi) is 3.26. The molecular weight excluding hydrogens is 294 g/mol. The predicted octanol–water partition coefficient (Wildman–Crippen LogP) is 4.30. The van der Waals surface area contributed by atoms with Crippen molar-refractivity contribution in [3.63, 3.8) is 0 Å². The molecule has 0 aromatic heterocycles. The van der Waals surface area contributed by atoms with Gasteiger partial charge in [-0.1, -0.05) is 6.07 Å². The van der Waals surface area contributed by atoms with Crippen molar-refractivity contribution in [2.75, 3.05) is 6.54 Å². The molecule has 1 saturated carbocycles. The molecule has 2 aliphatic rings. The summed E-state index contributed by atoms with van der Waals surface area (Å²) < 4.78 is 1.27. The number of hydrogen-bond acceptors (Lipinski definition) is 2. The van der Waals surface area contributed by atoms with E-state index in [9.17, 15) is 0 Å². The molecule has 1 aromatic rings. The summed E-state index contributed by atoms with van der Waals surface area (Å²) in [6, 6.07) is 6.89. The van der Waals surface area contributed by atoms with Crippen LogP contribution < -0.4 is 5.32 Å². The fraction of sp³-hybridized carbons (Fsp3) is 0.571. The third-order valence-corrected chi connectivity index (χ3v) is 6.09. The fourth-order valence-electron chi connectivity index (χ4n) is 2.45. The van der Waals surface area contributed by atoms with Gasteiger partial charge in [-0.25, -0.2) is 0 Å². The molecule has 0 bridgehead atoms. The molecule has 92 valence electrons. The van der Waals surface area contributed by atoms with E-state index < -0.39 is 0 Å². The third-order valence-electron chi connectivity index (χ3n) is 3.76. The summed E-state index contributed by atoms with van der Waals surface area (Å²) in [6.07, 6.45) is 5.30. The van der Waals surface area contributed by atoms with Gasteiger partial charge >= 0.3 is 0 Å². The highest BCUT2D eigenvalue weighted by Gasteiger charge is 2.30. The minimum absolute atomic E-state index is 0.186. The lowest BCUT2D eigenvalue weighted by molar-refractivity contribution is 0.434. The highest BCUT2D eigenvalue weighted by atomic mass is 79.9. The largest absolute Gasteiger partial charge is 0.308 e. The van der Waals surface area contributed by atoms with Crippen LogP contribution in [0.15, 0.2) is 27.6 Å². The number of rotatable bonds is 3. The lowest BCUT2D eigenvalue weighted by atomic mass is 9.91. The van der Waals surface area contributed by atoms with E-state index in [2.05, 4.69) is 46.4 Å². The van der Waals surface area contributed by atoms with Crippen molar-refractivity contribution in [3.8, 4) is 0 Å². The maximum absolute atomic E-state index is 3.73. The Balaban J connectivity index is 1.84. The molecule has 1 nitrogen and oxygen atoms in total. The average Bonchev–Trinajstić information content (AvgIpc) is 3.02. The molecule has 0 spiro atoms. The molecule has 1 aliphatic carbocycles. The second kappa shape index (κ2) is 4.60. The van der Waals surface area contributed by atoms with Crippen LogP contribution in [-0.4, -0.2) is 11.8 Å². The van der Waals surface area contributed by atoms with Gasteiger partial charge in [-0.2, -0.15) is 0 Å². The summed E-state index contributed by atoms with van der Waals surface area (Å²) in [6.45, 7) is 3.46. The first-order chi connectivity index (χ1) is 8.17. The second-order valence-corrected chi connectivity index (χ2v) is 7.52. The Morgan fingerprint density at radius 3 is 2.82 bits per heavy atom. The van der Waals surface area contributed by atoms with Crippen LogP contribution in [0.25, 0.3) is 0 Å². The van der Waals surface area contributed by atoms with Gasteiger partial charge in [-0.05, 0) is 72.8 Å². The van der Waals surface area contributed by atoms with Crippen LogP contribution in [0.2, 0.25) is 0 Å². The standard InChI is InChI=1S/C14H18BrNS/c1-14(7-2-8-16-14)10-3-6-13(12(15)9-10)17-11-4-5-11/h3,6,9,11,16H,2,4-5,7-8H2,1H3. The van der Waals surface area contributed by atoms with Gasteiger partial charge in [-0.15, -0.1) is 11.8 Å². The predicted molar refractivity (Wildman–Crippen MR) is 77.6 cm³/mol. The molecule has 1 heterocycles. The lowest BCUT2D eigenvalue weighted by Crippen LogP contribution is -2.33. The highest BCUT2D eigenvalue weighted by Crippen LogP contribution is 2.43. The van der Waals surface area contributed by atoms with E-state index >= 15 is 0 Å². The number of benzene rings is 1. The summed E-state index contributed by atoms with van der Waals surface area (Å²) in [4.78, 5) is 1.40. The van der Waals surface area contributed by atoms with Crippen LogP contribution >= 0.6 is 27.7 Å². The molecule has 2 fully saturated rings. The second-order valence-electron chi connectivity index (χ2n) is 5.32. The van der Waals surface area contributed by atoms with E-state index in [-0.39, 0.29) is 5.54 Å². The normalized spacial score (nSPS) is 28.6. The SMILES string of the molecule is CC1(c2ccc(SC3CC3)c(Br)c2)CCCN1. The van der Waals surface area contributed by atoms with Crippen molar-refractivity contribution in [3.05, 3.63) is 28.2 Å². The van der Waals surface area contributed by atoms with Gasteiger partial charge in [0.1, 0.15) is 0 Å². The maximum atomic E-state index is 3.73. The van der Waals surface area contributed by atoms with Crippen molar-refractivity contribution >= 4 is 27.7 Å². The third kappa shape index (κ3) is 2.56. The molecule has 0 amide bonds. The maximum Gasteiger partial charge on any atom is 0.0406 e. The zero-order chi connectivity index (χ0) is 11.9. The molecule has 0 radical (unpaired) electrons. The van der Waals surface area contributed by atoms with Crippen molar-refractivity contribution in [1.29, 1.82) is 0 Å². The summed E-state index contributed by atoms with van der Waals surface area (Å²) in [5.74, 6) is 0. The first-order valence-corrected chi connectivity index (χ1v) is 8.06. The summed E-state index contributed by atoms with van der Waals surface area (Å²) >= 11 is 5.75. The smallest absolute Gasteiger partial charge is 0.0406 e. The molecule has 1 saturated heterocycles. The van der Waals surface area contributed by atoms with E-state index in [1.165, 1.54) is 40.6 Å². The fourth-order valence-corrected chi connectivity index (χ4v) is 4.15. The van der Waals surface area contributed by atoms with E-state index in [0.29, 0.717) is 0 Å². The number of hydrogen-bond donors (Lipinski definition) is 1. The Hall–Kier alpha value is 0.01000. The molecule has 3 heteroatoms. The van der Waals surface area contributed by atoms with Gasteiger partial charge in [0.15, 0.2) is 0 Å². The lowest BCUT2D eigenvalue weighted by Gasteiger charge is -2.25. The minimum atomic E-state index is 0.186. The molecule has 17 heavy (non-hydrogen) atoms. The summed E-state index contributed by atoms with van der Waals surface area (Å²) in [7, 11) is 0. The van der Waals surface area contributed by atoms with Gasteiger partial charge in [0.05, 0.1) is 0 Å². The minimum Gasteiger partial charge on any atom is -0.308 e. The first-order valence-electron chi connectivity index (χ1n) is 6.39. The number of thioether (sulfide) groups is 1. The quantitative estimate of drug-likeness (QED) is 0.893. The molecule has 1 N–H and O–H groups in total. The van der Waals surface area contributed by atoms with Crippen LogP contribution in [0.5, 0.6) is 0 Å². The Labute approximate surface area is 116 Å². The monoisotopic (exact) mass is 311 g/mol. The average molecular weight is 312 g/mol. The zero-order valence-electron chi connectivity index (χ0n) is 10.1. The summed E-state index contributed by atoms with van der Waals surface area (Å²) in [5, 5.41) is 4.49. The molecule has 1 unspecified atom stereocenters. The molecule has 1 atom stereocenters. The van der Waals surface area contributed by atoms with Crippen LogP contribution in [0.1, 0.15) is 38.2 Å².